The van der Waals surface area contributed by atoms with E-state index in [1.54, 1.807) is 17.0 Å². The van der Waals surface area contributed by atoms with Crippen LogP contribution in [0.3, 0.4) is 0 Å². The maximum atomic E-state index is 12.8. The molecule has 3 fully saturated rings. The lowest BCUT2D eigenvalue weighted by atomic mass is 10.0. The molecule has 1 aliphatic carbocycles. The highest BCUT2D eigenvalue weighted by atomic mass is 32.1. The van der Waals surface area contributed by atoms with E-state index in [9.17, 15) is 9.59 Å². The Kier molecular flexibility index (Phi) is 4.07. The van der Waals surface area contributed by atoms with Gasteiger partial charge in [-0.15, -0.1) is 0 Å². The molecule has 3 heterocycles. The Hall–Kier alpha value is -2.48. The van der Waals surface area contributed by atoms with Gasteiger partial charge in [-0.1, -0.05) is 18.2 Å². The van der Waals surface area contributed by atoms with Crippen LogP contribution in [0.25, 0.3) is 0 Å². The van der Waals surface area contributed by atoms with Gasteiger partial charge < -0.3 is 9.80 Å². The van der Waals surface area contributed by atoms with E-state index in [0.29, 0.717) is 11.6 Å². The zero-order chi connectivity index (χ0) is 18.4. The molecule has 2 saturated heterocycles. The second-order valence-corrected chi connectivity index (χ2v) is 8.13. The molecule has 3 aliphatic rings. The van der Waals surface area contributed by atoms with E-state index in [0.717, 1.165) is 36.9 Å². The average molecular weight is 383 g/mol. The van der Waals surface area contributed by atoms with Crippen LogP contribution in [0.1, 0.15) is 37.4 Å². The molecule has 0 atom stereocenters. The summed E-state index contributed by atoms with van der Waals surface area (Å²) in [4.78, 5) is 35.3. The van der Waals surface area contributed by atoms with E-state index in [1.165, 1.54) is 29.3 Å². The van der Waals surface area contributed by atoms with Crippen molar-refractivity contribution >= 4 is 34.3 Å². The number of benzene rings is 1. The maximum Gasteiger partial charge on any atom is 0.332 e. The van der Waals surface area contributed by atoms with Crippen molar-refractivity contribution in [1.29, 1.82) is 0 Å². The van der Waals surface area contributed by atoms with Crippen molar-refractivity contribution < 1.29 is 9.59 Å². The molecular weight excluding hydrogens is 362 g/mol. The largest absolute Gasteiger partial charge is 0.347 e. The normalized spacial score (nSPS) is 21.4. The molecule has 5 rings (SSSR count). The first-order chi connectivity index (χ1) is 13.2. The van der Waals surface area contributed by atoms with Gasteiger partial charge in [0.1, 0.15) is 12.4 Å². The SMILES string of the molecule is O=C1CN(C2CCN(c3nc(C4CC4)ns3)CC2)C(=O)N1c1ccccc1. The molecule has 2 aliphatic heterocycles. The summed E-state index contributed by atoms with van der Waals surface area (Å²) in [5, 5.41) is 0.991. The summed E-state index contributed by atoms with van der Waals surface area (Å²) in [6, 6.07) is 9.07. The summed E-state index contributed by atoms with van der Waals surface area (Å²) in [7, 11) is 0. The summed E-state index contributed by atoms with van der Waals surface area (Å²) in [6.45, 7) is 1.85. The quantitative estimate of drug-likeness (QED) is 0.760. The predicted molar refractivity (Wildman–Crippen MR) is 103 cm³/mol. The fourth-order valence-electron chi connectivity index (χ4n) is 3.87. The lowest BCUT2D eigenvalue weighted by Gasteiger charge is -2.35. The minimum absolute atomic E-state index is 0.0993. The highest BCUT2D eigenvalue weighted by Gasteiger charge is 2.41. The van der Waals surface area contributed by atoms with Crippen LogP contribution in [-0.2, 0) is 4.79 Å². The zero-order valence-electron chi connectivity index (χ0n) is 15.0. The summed E-state index contributed by atoms with van der Waals surface area (Å²) >= 11 is 1.48. The number of anilines is 2. The minimum atomic E-state index is -0.198. The van der Waals surface area contributed by atoms with Crippen molar-refractivity contribution in [3.05, 3.63) is 36.2 Å². The fourth-order valence-corrected chi connectivity index (χ4v) is 4.66. The first kappa shape index (κ1) is 16.7. The van der Waals surface area contributed by atoms with Crippen LogP contribution in [0.4, 0.5) is 15.6 Å². The van der Waals surface area contributed by atoms with Gasteiger partial charge in [0, 0.05) is 36.6 Å². The number of nitrogens with zero attached hydrogens (tertiary/aromatic N) is 5. The molecule has 1 saturated carbocycles. The van der Waals surface area contributed by atoms with Crippen molar-refractivity contribution in [3.63, 3.8) is 0 Å². The van der Waals surface area contributed by atoms with E-state index in [1.807, 2.05) is 18.2 Å². The monoisotopic (exact) mass is 383 g/mol. The van der Waals surface area contributed by atoms with Gasteiger partial charge in [-0.05, 0) is 37.8 Å². The summed E-state index contributed by atoms with van der Waals surface area (Å²) in [5.41, 5.74) is 0.647. The van der Waals surface area contributed by atoms with Gasteiger partial charge in [0.15, 0.2) is 0 Å². The fraction of sp³-hybridized carbons (Fsp3) is 0.474. The number of piperidine rings is 1. The van der Waals surface area contributed by atoms with E-state index < -0.39 is 0 Å². The Bertz CT molecular complexity index is 858. The molecule has 0 N–H and O–H groups in total. The summed E-state index contributed by atoms with van der Waals surface area (Å²) in [5.74, 6) is 1.42. The summed E-state index contributed by atoms with van der Waals surface area (Å²) < 4.78 is 4.49. The molecule has 27 heavy (non-hydrogen) atoms. The van der Waals surface area contributed by atoms with Crippen LogP contribution in [0.2, 0.25) is 0 Å². The molecule has 1 aromatic carbocycles. The Labute approximate surface area is 161 Å². The van der Waals surface area contributed by atoms with Gasteiger partial charge in [-0.25, -0.2) is 14.7 Å². The molecular formula is C19H21N5O2S. The average Bonchev–Trinajstić information content (AvgIpc) is 3.35. The van der Waals surface area contributed by atoms with Crippen LogP contribution in [-0.4, -0.2) is 51.9 Å². The Balaban J connectivity index is 1.24. The van der Waals surface area contributed by atoms with Gasteiger partial charge >= 0.3 is 6.03 Å². The lowest BCUT2D eigenvalue weighted by molar-refractivity contribution is -0.116. The Morgan fingerprint density at radius 1 is 1.00 bits per heavy atom. The zero-order valence-corrected chi connectivity index (χ0v) is 15.8. The van der Waals surface area contributed by atoms with Crippen molar-refractivity contribution in [2.75, 3.05) is 29.4 Å². The second kappa shape index (κ2) is 6.60. The third-order valence-electron chi connectivity index (χ3n) is 5.56. The number of hydrogen-bond donors (Lipinski definition) is 0. The van der Waals surface area contributed by atoms with Crippen LogP contribution in [0, 0.1) is 0 Å². The highest BCUT2D eigenvalue weighted by Crippen LogP contribution is 2.40. The number of urea groups is 1. The van der Waals surface area contributed by atoms with E-state index in [4.69, 9.17) is 0 Å². The van der Waals surface area contributed by atoms with Crippen LogP contribution < -0.4 is 9.80 Å². The van der Waals surface area contributed by atoms with Gasteiger partial charge in [-0.3, -0.25) is 4.79 Å². The molecule has 3 amide bonds. The number of rotatable bonds is 4. The van der Waals surface area contributed by atoms with Crippen LogP contribution in [0.15, 0.2) is 30.3 Å². The third kappa shape index (κ3) is 3.07. The molecule has 1 aromatic heterocycles. The number of carbonyl (C=O) groups is 2. The molecule has 0 radical (unpaired) electrons. The molecule has 7 nitrogen and oxygen atoms in total. The van der Waals surface area contributed by atoms with E-state index >= 15 is 0 Å². The smallest absolute Gasteiger partial charge is 0.332 e. The van der Waals surface area contributed by atoms with E-state index in [-0.39, 0.29) is 24.5 Å². The highest BCUT2D eigenvalue weighted by molar-refractivity contribution is 7.09. The summed E-state index contributed by atoms with van der Waals surface area (Å²) in [6.07, 6.45) is 4.11. The molecule has 140 valence electrons. The number of amides is 3. The standard InChI is InChI=1S/C19H21N5O2S/c25-16-12-23(19(26)24(16)15-4-2-1-3-5-15)14-8-10-22(11-9-14)18-20-17(21-27-18)13-6-7-13/h1-5,13-14H,6-12H2. The van der Waals surface area contributed by atoms with Gasteiger partial charge in [-0.2, -0.15) is 4.37 Å². The molecule has 0 spiro atoms. The maximum absolute atomic E-state index is 12.8. The number of carbonyl (C=O) groups excluding carboxylic acids is 2. The van der Waals surface area contributed by atoms with Gasteiger partial charge in [0.05, 0.1) is 5.69 Å². The predicted octanol–water partition coefficient (Wildman–Crippen LogP) is 2.85. The number of hydrogen-bond acceptors (Lipinski definition) is 6. The second-order valence-electron chi connectivity index (χ2n) is 7.40. The van der Waals surface area contributed by atoms with Crippen molar-refractivity contribution in [2.45, 2.75) is 37.6 Å². The van der Waals surface area contributed by atoms with Crippen molar-refractivity contribution in [1.82, 2.24) is 14.3 Å². The number of aromatic nitrogens is 2. The lowest BCUT2D eigenvalue weighted by Crippen LogP contribution is -2.46. The van der Waals surface area contributed by atoms with Crippen LogP contribution >= 0.6 is 11.5 Å². The van der Waals surface area contributed by atoms with Crippen molar-refractivity contribution in [2.24, 2.45) is 0 Å². The van der Waals surface area contributed by atoms with Crippen molar-refractivity contribution in [3.8, 4) is 0 Å². The Morgan fingerprint density at radius 3 is 2.44 bits per heavy atom. The first-order valence-electron chi connectivity index (χ1n) is 9.48. The van der Waals surface area contributed by atoms with Gasteiger partial charge in [0.2, 0.25) is 5.13 Å². The number of para-hydroxylation sites is 1. The molecule has 2 aromatic rings. The first-order valence-corrected chi connectivity index (χ1v) is 10.2. The third-order valence-corrected chi connectivity index (χ3v) is 6.35. The molecule has 0 unspecified atom stereocenters. The molecule has 0 bridgehead atoms. The molecule has 8 heteroatoms. The topological polar surface area (TPSA) is 69.6 Å². The minimum Gasteiger partial charge on any atom is -0.347 e. The van der Waals surface area contributed by atoms with Gasteiger partial charge in [0.25, 0.3) is 5.91 Å². The van der Waals surface area contributed by atoms with Crippen LogP contribution in [0.5, 0.6) is 0 Å². The Morgan fingerprint density at radius 2 is 1.74 bits per heavy atom. The number of imide groups is 1. The van der Waals surface area contributed by atoms with E-state index in [2.05, 4.69) is 14.3 Å².